The van der Waals surface area contributed by atoms with Gasteiger partial charge >= 0.3 is 0 Å². The van der Waals surface area contributed by atoms with Gasteiger partial charge in [-0.1, -0.05) is 32.9 Å². The molecule has 0 aliphatic rings. The lowest BCUT2D eigenvalue weighted by Gasteiger charge is -2.25. The Morgan fingerprint density at radius 2 is 1.67 bits per heavy atom. The van der Waals surface area contributed by atoms with Crippen molar-refractivity contribution in [3.8, 4) is 0 Å². The molecular weight excluding hydrogens is 366 g/mol. The normalized spacial score (nSPS) is 12.1. The first-order valence-electron chi connectivity index (χ1n) is 8.94. The summed E-state index contributed by atoms with van der Waals surface area (Å²) in [6.45, 7) is 10.6. The van der Waals surface area contributed by atoms with Crippen molar-refractivity contribution in [3.05, 3.63) is 41.7 Å². The van der Waals surface area contributed by atoms with E-state index in [1.807, 2.05) is 27.7 Å². The molecular formula is C19H27N3O4S. The van der Waals surface area contributed by atoms with Crippen molar-refractivity contribution in [2.45, 2.75) is 39.5 Å². The van der Waals surface area contributed by atoms with Crippen molar-refractivity contribution in [1.82, 2.24) is 9.46 Å². The zero-order valence-electron chi connectivity index (χ0n) is 16.4. The maximum atomic E-state index is 13.0. The van der Waals surface area contributed by atoms with Gasteiger partial charge in [-0.05, 0) is 43.0 Å². The van der Waals surface area contributed by atoms with Crippen LogP contribution in [0.5, 0.6) is 0 Å². The summed E-state index contributed by atoms with van der Waals surface area (Å²) in [4.78, 5) is 12.4. The van der Waals surface area contributed by atoms with Gasteiger partial charge in [-0.3, -0.25) is 4.79 Å². The van der Waals surface area contributed by atoms with Gasteiger partial charge in [0.1, 0.15) is 5.76 Å². The second-order valence-electron chi connectivity index (χ2n) is 7.41. The molecule has 0 unspecified atom stereocenters. The highest BCUT2D eigenvalue weighted by Crippen LogP contribution is 2.20. The van der Waals surface area contributed by atoms with Crippen LogP contribution in [-0.2, 0) is 10.0 Å². The van der Waals surface area contributed by atoms with E-state index in [1.165, 1.54) is 28.6 Å². The van der Waals surface area contributed by atoms with Crippen LogP contribution >= 0.6 is 0 Å². The van der Waals surface area contributed by atoms with E-state index < -0.39 is 10.0 Å². The van der Waals surface area contributed by atoms with E-state index in [4.69, 9.17) is 4.52 Å². The Morgan fingerprint density at radius 3 is 2.11 bits per heavy atom. The molecule has 8 heteroatoms. The predicted molar refractivity (Wildman–Crippen MR) is 104 cm³/mol. The molecule has 0 fully saturated rings. The number of nitrogens with one attached hydrogen (secondary N) is 1. The van der Waals surface area contributed by atoms with Gasteiger partial charge in [0.05, 0.1) is 4.90 Å². The van der Waals surface area contributed by atoms with Crippen LogP contribution in [0.1, 0.15) is 43.8 Å². The minimum atomic E-state index is -3.61. The number of carbonyl (C=O) groups is 1. The number of nitrogens with zero attached hydrogens (tertiary/aromatic N) is 2. The lowest BCUT2D eigenvalue weighted by atomic mass is 10.2. The number of anilines is 1. The highest BCUT2D eigenvalue weighted by Gasteiger charge is 2.26. The van der Waals surface area contributed by atoms with Crippen LogP contribution in [0.2, 0.25) is 0 Å². The summed E-state index contributed by atoms with van der Waals surface area (Å²) in [6, 6.07) is 7.53. The molecule has 0 aliphatic carbocycles. The van der Waals surface area contributed by atoms with Gasteiger partial charge in [0.15, 0.2) is 5.82 Å². The molecule has 0 saturated carbocycles. The van der Waals surface area contributed by atoms with Crippen LogP contribution in [-0.4, -0.2) is 36.9 Å². The quantitative estimate of drug-likeness (QED) is 0.740. The first kappa shape index (κ1) is 21.1. The number of hydrogen-bond donors (Lipinski definition) is 1. The molecule has 0 spiro atoms. The summed E-state index contributed by atoms with van der Waals surface area (Å²) in [5, 5.41) is 6.32. The van der Waals surface area contributed by atoms with Crippen LogP contribution in [0.3, 0.4) is 0 Å². The lowest BCUT2D eigenvalue weighted by Crippen LogP contribution is -2.37. The van der Waals surface area contributed by atoms with Crippen molar-refractivity contribution < 1.29 is 17.7 Å². The van der Waals surface area contributed by atoms with Gasteiger partial charge in [-0.25, -0.2) is 8.42 Å². The van der Waals surface area contributed by atoms with Gasteiger partial charge in [-0.2, -0.15) is 4.31 Å². The van der Waals surface area contributed by atoms with E-state index >= 15 is 0 Å². The lowest BCUT2D eigenvalue weighted by molar-refractivity contribution is 0.102. The van der Waals surface area contributed by atoms with Crippen molar-refractivity contribution in [2.75, 3.05) is 18.4 Å². The molecule has 1 amide bonds. The first-order chi connectivity index (χ1) is 12.6. The van der Waals surface area contributed by atoms with Gasteiger partial charge in [0.25, 0.3) is 5.91 Å². The monoisotopic (exact) mass is 393 g/mol. The van der Waals surface area contributed by atoms with E-state index in [0.29, 0.717) is 30.2 Å². The third-order valence-electron chi connectivity index (χ3n) is 3.76. The second-order valence-corrected chi connectivity index (χ2v) is 9.35. The zero-order valence-corrected chi connectivity index (χ0v) is 17.2. The number of hydrogen-bond acceptors (Lipinski definition) is 5. The second kappa shape index (κ2) is 8.67. The van der Waals surface area contributed by atoms with Crippen molar-refractivity contribution in [2.24, 2.45) is 11.8 Å². The largest absolute Gasteiger partial charge is 0.360 e. The maximum absolute atomic E-state index is 13.0. The van der Waals surface area contributed by atoms with Crippen LogP contribution in [0, 0.1) is 18.8 Å². The van der Waals surface area contributed by atoms with Crippen molar-refractivity contribution in [3.63, 3.8) is 0 Å². The van der Waals surface area contributed by atoms with E-state index in [0.717, 1.165) is 0 Å². The Labute approximate surface area is 160 Å². The highest BCUT2D eigenvalue weighted by atomic mass is 32.2. The average molecular weight is 394 g/mol. The average Bonchev–Trinajstić information content (AvgIpc) is 2.98. The van der Waals surface area contributed by atoms with Crippen molar-refractivity contribution >= 4 is 21.7 Å². The molecule has 0 radical (unpaired) electrons. The number of rotatable bonds is 8. The number of benzene rings is 1. The summed E-state index contributed by atoms with van der Waals surface area (Å²) >= 11 is 0. The van der Waals surface area contributed by atoms with Gasteiger partial charge in [0.2, 0.25) is 10.0 Å². The molecule has 27 heavy (non-hydrogen) atoms. The molecule has 1 N–H and O–H groups in total. The van der Waals surface area contributed by atoms with Gasteiger partial charge < -0.3 is 9.84 Å². The Morgan fingerprint density at radius 1 is 1.11 bits per heavy atom. The van der Waals surface area contributed by atoms with Gasteiger partial charge in [-0.15, -0.1) is 0 Å². The van der Waals surface area contributed by atoms with Crippen LogP contribution in [0.15, 0.2) is 39.8 Å². The Kier molecular flexibility index (Phi) is 6.78. The maximum Gasteiger partial charge on any atom is 0.256 e. The summed E-state index contributed by atoms with van der Waals surface area (Å²) in [5.74, 6) is 0.953. The third kappa shape index (κ3) is 5.64. The number of amides is 1. The molecule has 0 atom stereocenters. The molecule has 7 nitrogen and oxygen atoms in total. The summed E-state index contributed by atoms with van der Waals surface area (Å²) in [6.07, 6.45) is 0. The third-order valence-corrected chi connectivity index (χ3v) is 5.61. The Balaban J connectivity index is 2.19. The Hall–Kier alpha value is -2.19. The minimum Gasteiger partial charge on any atom is -0.360 e. The molecule has 1 heterocycles. The standard InChI is InChI=1S/C19H27N3O4S/c1-13(2)11-22(12-14(3)4)27(24,25)17-8-6-16(7-9-17)19(23)20-18-10-15(5)26-21-18/h6-10,13-14H,11-12H2,1-5H3,(H,20,21,23). The molecule has 0 bridgehead atoms. The fraction of sp³-hybridized carbons (Fsp3) is 0.474. The van der Waals surface area contributed by atoms with Gasteiger partial charge in [0, 0.05) is 24.7 Å². The molecule has 2 aromatic rings. The number of carbonyl (C=O) groups excluding carboxylic acids is 1. The molecule has 1 aromatic carbocycles. The molecule has 1 aromatic heterocycles. The summed E-state index contributed by atoms with van der Waals surface area (Å²) < 4.78 is 32.4. The predicted octanol–water partition coefficient (Wildman–Crippen LogP) is 3.54. The Bertz CT molecular complexity index is 861. The number of aryl methyl sites for hydroxylation is 1. The SMILES string of the molecule is Cc1cc(NC(=O)c2ccc(S(=O)(=O)N(CC(C)C)CC(C)C)cc2)no1. The summed E-state index contributed by atoms with van der Waals surface area (Å²) in [5.41, 5.74) is 0.342. The fourth-order valence-electron chi connectivity index (χ4n) is 2.63. The number of aromatic nitrogens is 1. The van der Waals surface area contributed by atoms with E-state index in [-0.39, 0.29) is 22.6 Å². The smallest absolute Gasteiger partial charge is 0.256 e. The van der Waals surface area contributed by atoms with Crippen LogP contribution < -0.4 is 5.32 Å². The molecule has 0 saturated heterocycles. The van der Waals surface area contributed by atoms with E-state index in [9.17, 15) is 13.2 Å². The van der Waals surface area contributed by atoms with Crippen LogP contribution in [0.25, 0.3) is 0 Å². The van der Waals surface area contributed by atoms with E-state index in [2.05, 4.69) is 10.5 Å². The fourth-order valence-corrected chi connectivity index (χ4v) is 4.39. The highest BCUT2D eigenvalue weighted by molar-refractivity contribution is 7.89. The molecule has 148 valence electrons. The minimum absolute atomic E-state index is 0.178. The van der Waals surface area contributed by atoms with Crippen LogP contribution in [0.4, 0.5) is 5.82 Å². The molecule has 0 aliphatic heterocycles. The molecule has 2 rings (SSSR count). The zero-order chi connectivity index (χ0) is 20.2. The van der Waals surface area contributed by atoms with E-state index in [1.54, 1.807) is 13.0 Å². The first-order valence-corrected chi connectivity index (χ1v) is 10.4. The summed E-state index contributed by atoms with van der Waals surface area (Å²) in [7, 11) is -3.61. The van der Waals surface area contributed by atoms with Crippen molar-refractivity contribution in [1.29, 1.82) is 0 Å². The topological polar surface area (TPSA) is 92.5 Å². The number of sulfonamides is 1.